The van der Waals surface area contributed by atoms with Gasteiger partial charge in [-0.2, -0.15) is 5.26 Å². The molecule has 2 saturated heterocycles. The Labute approximate surface area is 173 Å². The van der Waals surface area contributed by atoms with E-state index in [0.29, 0.717) is 50.4 Å². The lowest BCUT2D eigenvalue weighted by Gasteiger charge is -2.34. The molecule has 30 heavy (non-hydrogen) atoms. The molecule has 4 rings (SSSR count). The highest BCUT2D eigenvalue weighted by molar-refractivity contribution is 5.79. The van der Waals surface area contributed by atoms with Crippen molar-refractivity contribution in [1.82, 2.24) is 15.0 Å². The predicted molar refractivity (Wildman–Crippen MR) is 105 cm³/mol. The summed E-state index contributed by atoms with van der Waals surface area (Å²) in [6, 6.07) is 7.52. The molecule has 1 aromatic carbocycles. The Morgan fingerprint density at radius 2 is 2.03 bits per heavy atom. The number of hydrogen-bond acceptors (Lipinski definition) is 7. The standard InChI is InChI=1S/C21H22FN5O3/c1-29-20-11-19(24-13-25-20)26-5-2-15(3-6-26)21(28)27-18(4-7-30-27)16-8-14(12-23)9-17(22)10-16/h8-11,13,15,18H,2-7H2,1H3/t18-/m0/s1. The molecule has 1 atom stereocenters. The zero-order chi connectivity index (χ0) is 21.1. The van der Waals surface area contributed by atoms with Crippen LogP contribution in [0.5, 0.6) is 5.88 Å². The third kappa shape index (κ3) is 4.04. The zero-order valence-corrected chi connectivity index (χ0v) is 16.6. The van der Waals surface area contributed by atoms with Gasteiger partial charge in [0.2, 0.25) is 11.8 Å². The summed E-state index contributed by atoms with van der Waals surface area (Å²) >= 11 is 0. The Bertz CT molecular complexity index is 971. The first-order valence-electron chi connectivity index (χ1n) is 9.86. The molecule has 2 aliphatic heterocycles. The van der Waals surface area contributed by atoms with Crippen LogP contribution in [-0.4, -0.2) is 47.7 Å². The second kappa shape index (κ2) is 8.63. The number of carbonyl (C=O) groups is 1. The first kappa shape index (κ1) is 20.0. The van der Waals surface area contributed by atoms with E-state index in [9.17, 15) is 9.18 Å². The molecule has 8 nitrogen and oxygen atoms in total. The summed E-state index contributed by atoms with van der Waals surface area (Å²) in [5.74, 6) is 0.497. The van der Waals surface area contributed by atoms with Gasteiger partial charge in [-0.05, 0) is 36.6 Å². The van der Waals surface area contributed by atoms with Gasteiger partial charge in [0, 0.05) is 31.5 Å². The second-order valence-electron chi connectivity index (χ2n) is 7.37. The zero-order valence-electron chi connectivity index (χ0n) is 16.6. The van der Waals surface area contributed by atoms with E-state index in [2.05, 4.69) is 14.9 Å². The largest absolute Gasteiger partial charge is 0.481 e. The highest BCUT2D eigenvalue weighted by Crippen LogP contribution is 2.34. The fraction of sp³-hybridized carbons (Fsp3) is 0.429. The summed E-state index contributed by atoms with van der Waals surface area (Å²) in [5, 5.41) is 10.5. The fourth-order valence-corrected chi connectivity index (χ4v) is 4.01. The summed E-state index contributed by atoms with van der Waals surface area (Å²) in [6.07, 6.45) is 3.34. The van der Waals surface area contributed by atoms with Gasteiger partial charge in [-0.3, -0.25) is 9.63 Å². The van der Waals surface area contributed by atoms with Crippen molar-refractivity contribution < 1.29 is 18.8 Å². The monoisotopic (exact) mass is 411 g/mol. The van der Waals surface area contributed by atoms with E-state index in [1.807, 2.05) is 6.07 Å². The van der Waals surface area contributed by atoms with Crippen molar-refractivity contribution in [3.05, 3.63) is 47.5 Å². The van der Waals surface area contributed by atoms with E-state index < -0.39 is 5.82 Å². The molecule has 0 radical (unpaired) electrons. The lowest BCUT2D eigenvalue weighted by atomic mass is 9.94. The van der Waals surface area contributed by atoms with Crippen molar-refractivity contribution >= 4 is 11.7 Å². The minimum Gasteiger partial charge on any atom is -0.481 e. The third-order valence-corrected chi connectivity index (χ3v) is 5.56. The molecule has 2 aromatic rings. The van der Waals surface area contributed by atoms with E-state index in [1.54, 1.807) is 19.2 Å². The Hall–Kier alpha value is -3.25. The number of aromatic nitrogens is 2. The molecule has 0 bridgehead atoms. The number of benzene rings is 1. The summed E-state index contributed by atoms with van der Waals surface area (Å²) in [5.41, 5.74) is 0.820. The van der Waals surface area contributed by atoms with Crippen LogP contribution in [0.4, 0.5) is 10.2 Å². The highest BCUT2D eigenvalue weighted by Gasteiger charge is 2.37. The topological polar surface area (TPSA) is 91.6 Å². The highest BCUT2D eigenvalue weighted by atomic mass is 19.1. The molecule has 0 unspecified atom stereocenters. The molecular weight excluding hydrogens is 389 g/mol. The molecule has 9 heteroatoms. The lowest BCUT2D eigenvalue weighted by Crippen LogP contribution is -2.42. The van der Waals surface area contributed by atoms with Gasteiger partial charge in [0.05, 0.1) is 31.4 Å². The van der Waals surface area contributed by atoms with Crippen LogP contribution in [0.25, 0.3) is 0 Å². The van der Waals surface area contributed by atoms with Crippen LogP contribution < -0.4 is 9.64 Å². The minimum atomic E-state index is -0.489. The maximum absolute atomic E-state index is 13.9. The molecule has 0 N–H and O–H groups in total. The Morgan fingerprint density at radius 3 is 2.77 bits per heavy atom. The summed E-state index contributed by atoms with van der Waals surface area (Å²) in [6.45, 7) is 1.73. The SMILES string of the molecule is COc1cc(N2CCC(C(=O)N3OCC[C@H]3c3cc(F)cc(C#N)c3)CC2)ncn1. The minimum absolute atomic E-state index is 0.0970. The maximum atomic E-state index is 13.9. The van der Waals surface area contributed by atoms with Crippen LogP contribution in [0.15, 0.2) is 30.6 Å². The van der Waals surface area contributed by atoms with Gasteiger partial charge < -0.3 is 9.64 Å². The number of piperidine rings is 1. The molecule has 0 aliphatic carbocycles. The van der Waals surface area contributed by atoms with Gasteiger partial charge in [-0.15, -0.1) is 0 Å². The van der Waals surface area contributed by atoms with Crippen LogP contribution in [0.1, 0.15) is 36.4 Å². The van der Waals surface area contributed by atoms with Gasteiger partial charge in [0.1, 0.15) is 18.0 Å². The number of amides is 1. The smallest absolute Gasteiger partial charge is 0.249 e. The molecule has 3 heterocycles. The van der Waals surface area contributed by atoms with Crippen LogP contribution in [0, 0.1) is 23.1 Å². The van der Waals surface area contributed by atoms with Crippen LogP contribution >= 0.6 is 0 Å². The molecule has 1 aromatic heterocycles. The third-order valence-electron chi connectivity index (χ3n) is 5.56. The lowest BCUT2D eigenvalue weighted by molar-refractivity contribution is -0.182. The van der Waals surface area contributed by atoms with Crippen molar-refractivity contribution in [3.63, 3.8) is 0 Å². The van der Waals surface area contributed by atoms with Gasteiger partial charge >= 0.3 is 0 Å². The van der Waals surface area contributed by atoms with Crippen LogP contribution in [-0.2, 0) is 9.63 Å². The summed E-state index contributed by atoms with van der Waals surface area (Å²) in [7, 11) is 1.56. The second-order valence-corrected chi connectivity index (χ2v) is 7.37. The molecule has 156 valence electrons. The van der Waals surface area contributed by atoms with Crippen LogP contribution in [0.3, 0.4) is 0 Å². The maximum Gasteiger partial charge on any atom is 0.249 e. The van der Waals surface area contributed by atoms with E-state index in [-0.39, 0.29) is 23.4 Å². The first-order chi connectivity index (χ1) is 14.6. The van der Waals surface area contributed by atoms with Crippen molar-refractivity contribution in [2.75, 3.05) is 31.7 Å². The predicted octanol–water partition coefficient (Wildman–Crippen LogP) is 2.62. The Morgan fingerprint density at radius 1 is 1.23 bits per heavy atom. The Kier molecular flexibility index (Phi) is 5.77. The number of nitriles is 1. The number of methoxy groups -OCH3 is 1. The van der Waals surface area contributed by atoms with Gasteiger partial charge in [-0.25, -0.2) is 19.4 Å². The average Bonchev–Trinajstić information content (AvgIpc) is 3.28. The van der Waals surface area contributed by atoms with Gasteiger partial charge in [0.15, 0.2) is 0 Å². The number of halogens is 1. The first-order valence-corrected chi connectivity index (χ1v) is 9.86. The Balaban J connectivity index is 1.43. The normalized spacial score (nSPS) is 19.6. The molecule has 0 spiro atoms. The van der Waals surface area contributed by atoms with E-state index in [4.69, 9.17) is 14.8 Å². The van der Waals surface area contributed by atoms with Crippen molar-refractivity contribution in [2.24, 2.45) is 5.92 Å². The van der Waals surface area contributed by atoms with Gasteiger partial charge in [-0.1, -0.05) is 0 Å². The van der Waals surface area contributed by atoms with E-state index >= 15 is 0 Å². The van der Waals surface area contributed by atoms with Gasteiger partial charge in [0.25, 0.3) is 0 Å². The number of rotatable bonds is 4. The molecule has 2 fully saturated rings. The number of carbonyl (C=O) groups excluding carboxylic acids is 1. The van der Waals surface area contributed by atoms with Crippen molar-refractivity contribution in [3.8, 4) is 11.9 Å². The molecule has 0 saturated carbocycles. The quantitative estimate of drug-likeness (QED) is 0.764. The summed E-state index contributed by atoms with van der Waals surface area (Å²) in [4.78, 5) is 29.2. The fourth-order valence-electron chi connectivity index (χ4n) is 4.01. The van der Waals surface area contributed by atoms with Crippen molar-refractivity contribution in [1.29, 1.82) is 5.26 Å². The average molecular weight is 411 g/mol. The number of nitrogens with zero attached hydrogens (tertiary/aromatic N) is 5. The molecule has 1 amide bonds. The van der Waals surface area contributed by atoms with Crippen LogP contribution in [0.2, 0.25) is 0 Å². The molecular formula is C21H22FN5O3. The van der Waals surface area contributed by atoms with E-state index in [1.165, 1.54) is 23.5 Å². The number of ether oxygens (including phenoxy) is 1. The molecule has 2 aliphatic rings. The van der Waals surface area contributed by atoms with Crippen molar-refractivity contribution in [2.45, 2.75) is 25.3 Å². The number of hydrogen-bond donors (Lipinski definition) is 0. The number of anilines is 1. The number of hydroxylamine groups is 2. The van der Waals surface area contributed by atoms with E-state index in [0.717, 1.165) is 5.82 Å². The summed E-state index contributed by atoms with van der Waals surface area (Å²) < 4.78 is 19.0.